The molecule has 0 unspecified atom stereocenters. The predicted octanol–water partition coefficient (Wildman–Crippen LogP) is 2.77. The largest absolute Gasteiger partial charge is 0.353 e. The van der Waals surface area contributed by atoms with Crippen LogP contribution in [-0.4, -0.2) is 12.5 Å². The number of halogens is 2. The van der Waals surface area contributed by atoms with Crippen LogP contribution in [0.25, 0.3) is 6.08 Å². The fourth-order valence-corrected chi connectivity index (χ4v) is 1.15. The highest BCUT2D eigenvalue weighted by molar-refractivity contribution is 5.73. The average molecular weight is 225 g/mol. The highest BCUT2D eigenvalue weighted by Gasteiger charge is 2.04. The van der Waals surface area contributed by atoms with Crippen LogP contribution in [0.5, 0.6) is 0 Å². The lowest BCUT2D eigenvalue weighted by Gasteiger charge is -1.99. The Kier molecular flexibility index (Phi) is 4.64. The van der Waals surface area contributed by atoms with Crippen LogP contribution >= 0.6 is 0 Å². The first-order chi connectivity index (χ1) is 7.59. The summed E-state index contributed by atoms with van der Waals surface area (Å²) in [6.07, 6.45) is 1.10. The Bertz CT molecular complexity index is 371. The number of nitrogens with one attached hydrogen (secondary N) is 1. The molecule has 86 valence electrons. The summed E-state index contributed by atoms with van der Waals surface area (Å²) in [5.74, 6) is -0.0994. The topological polar surface area (TPSA) is 29.1 Å². The summed E-state index contributed by atoms with van der Waals surface area (Å²) >= 11 is 0. The van der Waals surface area contributed by atoms with E-state index in [2.05, 4.69) is 5.32 Å². The van der Waals surface area contributed by atoms with Crippen molar-refractivity contribution in [2.75, 3.05) is 6.54 Å². The summed E-state index contributed by atoms with van der Waals surface area (Å²) in [4.78, 5) is 10.5. The Morgan fingerprint density at radius 2 is 2.00 bits per heavy atom. The molecule has 0 heterocycles. The van der Waals surface area contributed by atoms with Gasteiger partial charge < -0.3 is 5.32 Å². The molecule has 0 aromatic heterocycles. The van der Waals surface area contributed by atoms with Gasteiger partial charge in [0.15, 0.2) is 0 Å². The van der Waals surface area contributed by atoms with E-state index in [1.54, 1.807) is 24.3 Å². The van der Waals surface area contributed by atoms with E-state index in [1.807, 2.05) is 0 Å². The number of rotatable bonds is 4. The van der Waals surface area contributed by atoms with Crippen molar-refractivity contribution in [2.45, 2.75) is 13.3 Å². The molecular formula is C12H13F2NO. The van der Waals surface area contributed by atoms with Gasteiger partial charge in [0, 0.05) is 19.0 Å². The first-order valence-corrected chi connectivity index (χ1v) is 4.88. The summed E-state index contributed by atoms with van der Waals surface area (Å²) in [5.41, 5.74) is 0.841. The molecule has 1 aromatic carbocycles. The quantitative estimate of drug-likeness (QED) is 0.838. The van der Waals surface area contributed by atoms with Gasteiger partial charge in [0.05, 0.1) is 0 Å². The molecule has 0 aliphatic rings. The van der Waals surface area contributed by atoms with E-state index in [4.69, 9.17) is 0 Å². The molecule has 4 heteroatoms. The number of benzene rings is 1. The van der Waals surface area contributed by atoms with Gasteiger partial charge in [0.25, 0.3) is 6.43 Å². The third kappa shape index (κ3) is 4.21. The first kappa shape index (κ1) is 12.4. The molecule has 1 rings (SSSR count). The van der Waals surface area contributed by atoms with Crippen LogP contribution in [-0.2, 0) is 4.79 Å². The molecule has 1 aromatic rings. The van der Waals surface area contributed by atoms with Crippen LogP contribution in [0.4, 0.5) is 8.78 Å². The van der Waals surface area contributed by atoms with Gasteiger partial charge in [0.1, 0.15) is 0 Å². The van der Waals surface area contributed by atoms with Crippen molar-refractivity contribution < 1.29 is 13.6 Å². The van der Waals surface area contributed by atoms with Crippen molar-refractivity contribution in [2.24, 2.45) is 0 Å². The second kappa shape index (κ2) is 6.00. The standard InChI is InChI=1S/C12H13F2NO/c1-9(16)15-8-2-3-10-4-6-11(7-5-10)12(13)14/h2-7,12H,8H2,1H3,(H,15,16). The molecule has 0 radical (unpaired) electrons. The first-order valence-electron chi connectivity index (χ1n) is 4.88. The van der Waals surface area contributed by atoms with Crippen molar-refractivity contribution in [3.8, 4) is 0 Å². The molecule has 0 aliphatic carbocycles. The average Bonchev–Trinajstić information content (AvgIpc) is 2.25. The Balaban J connectivity index is 2.51. The highest BCUT2D eigenvalue weighted by Crippen LogP contribution is 2.18. The zero-order valence-electron chi connectivity index (χ0n) is 8.91. The van der Waals surface area contributed by atoms with Crippen molar-refractivity contribution in [1.82, 2.24) is 5.32 Å². The monoisotopic (exact) mass is 225 g/mol. The molecule has 0 bridgehead atoms. The molecule has 0 saturated carbocycles. The van der Waals surface area contributed by atoms with Crippen LogP contribution < -0.4 is 5.32 Å². The van der Waals surface area contributed by atoms with Crippen LogP contribution in [0.2, 0.25) is 0 Å². The fourth-order valence-electron chi connectivity index (χ4n) is 1.15. The predicted molar refractivity (Wildman–Crippen MR) is 59.1 cm³/mol. The number of hydrogen-bond donors (Lipinski definition) is 1. The van der Waals surface area contributed by atoms with Gasteiger partial charge in [-0.2, -0.15) is 0 Å². The molecule has 0 atom stereocenters. The zero-order valence-corrected chi connectivity index (χ0v) is 8.91. The molecular weight excluding hydrogens is 212 g/mol. The molecule has 16 heavy (non-hydrogen) atoms. The number of amides is 1. The summed E-state index contributed by atoms with van der Waals surface area (Å²) in [7, 11) is 0. The Morgan fingerprint density at radius 3 is 2.50 bits per heavy atom. The Labute approximate surface area is 93.0 Å². The maximum atomic E-state index is 12.2. The van der Waals surface area contributed by atoms with Crippen LogP contribution in [0.1, 0.15) is 24.5 Å². The van der Waals surface area contributed by atoms with E-state index < -0.39 is 6.43 Å². The van der Waals surface area contributed by atoms with Crippen molar-refractivity contribution in [1.29, 1.82) is 0 Å². The second-order valence-electron chi connectivity index (χ2n) is 3.31. The maximum absolute atomic E-state index is 12.2. The van der Waals surface area contributed by atoms with Crippen LogP contribution in [0, 0.1) is 0 Å². The zero-order chi connectivity index (χ0) is 12.0. The fraction of sp³-hybridized carbons (Fsp3) is 0.250. The highest BCUT2D eigenvalue weighted by atomic mass is 19.3. The summed E-state index contributed by atoms with van der Waals surface area (Å²) in [5, 5.41) is 2.60. The minimum atomic E-state index is -2.43. The van der Waals surface area contributed by atoms with E-state index in [-0.39, 0.29) is 11.5 Å². The number of alkyl halides is 2. The minimum Gasteiger partial charge on any atom is -0.353 e. The Morgan fingerprint density at radius 1 is 1.38 bits per heavy atom. The molecule has 0 fully saturated rings. The van der Waals surface area contributed by atoms with Gasteiger partial charge in [-0.1, -0.05) is 36.4 Å². The maximum Gasteiger partial charge on any atom is 0.263 e. The van der Waals surface area contributed by atoms with Crippen LogP contribution in [0.15, 0.2) is 30.3 Å². The van der Waals surface area contributed by atoms with Gasteiger partial charge >= 0.3 is 0 Å². The van der Waals surface area contributed by atoms with Crippen molar-refractivity contribution >= 4 is 12.0 Å². The number of carbonyl (C=O) groups excluding carboxylic acids is 1. The SMILES string of the molecule is CC(=O)NCC=Cc1ccc(C(F)F)cc1. The van der Waals surface area contributed by atoms with E-state index in [0.717, 1.165) is 5.56 Å². The molecule has 1 amide bonds. The van der Waals surface area contributed by atoms with E-state index in [9.17, 15) is 13.6 Å². The molecule has 2 nitrogen and oxygen atoms in total. The molecule has 1 N–H and O–H groups in total. The summed E-state index contributed by atoms with van der Waals surface area (Å²) in [6, 6.07) is 6.02. The third-order valence-corrected chi connectivity index (χ3v) is 1.97. The van der Waals surface area contributed by atoms with Gasteiger partial charge in [-0.15, -0.1) is 0 Å². The van der Waals surface area contributed by atoms with E-state index in [0.29, 0.717) is 6.54 Å². The Hall–Kier alpha value is -1.71. The number of carbonyl (C=O) groups is 1. The lowest BCUT2D eigenvalue weighted by Crippen LogP contribution is -2.19. The number of hydrogen-bond acceptors (Lipinski definition) is 1. The van der Waals surface area contributed by atoms with E-state index in [1.165, 1.54) is 19.1 Å². The second-order valence-corrected chi connectivity index (χ2v) is 3.31. The summed E-state index contributed by atoms with van der Waals surface area (Å²) in [6.45, 7) is 1.87. The van der Waals surface area contributed by atoms with E-state index >= 15 is 0 Å². The van der Waals surface area contributed by atoms with Crippen LogP contribution in [0.3, 0.4) is 0 Å². The molecule has 0 saturated heterocycles. The van der Waals surface area contributed by atoms with Gasteiger partial charge in [-0.3, -0.25) is 4.79 Å². The normalized spacial score (nSPS) is 11.0. The van der Waals surface area contributed by atoms with Crippen molar-refractivity contribution in [3.63, 3.8) is 0 Å². The van der Waals surface area contributed by atoms with Gasteiger partial charge in [-0.25, -0.2) is 8.78 Å². The van der Waals surface area contributed by atoms with Gasteiger partial charge in [0.2, 0.25) is 5.91 Å². The smallest absolute Gasteiger partial charge is 0.263 e. The third-order valence-electron chi connectivity index (χ3n) is 1.97. The summed E-state index contributed by atoms with van der Waals surface area (Å²) < 4.78 is 24.5. The van der Waals surface area contributed by atoms with Crippen molar-refractivity contribution in [3.05, 3.63) is 41.5 Å². The molecule has 0 spiro atoms. The minimum absolute atomic E-state index is 0.0130. The lowest BCUT2D eigenvalue weighted by molar-refractivity contribution is -0.118. The van der Waals surface area contributed by atoms with Gasteiger partial charge in [-0.05, 0) is 5.56 Å². The molecule has 0 aliphatic heterocycles. The lowest BCUT2D eigenvalue weighted by atomic mass is 10.1.